The molecule has 1 aliphatic rings. The average Bonchev–Trinajstić information content (AvgIpc) is 2.83. The normalized spacial score (nSPS) is 15.7. The smallest absolute Gasteiger partial charge is 0.161 e. The van der Waals surface area contributed by atoms with Crippen LogP contribution in [0.15, 0.2) is 34.9 Å². The van der Waals surface area contributed by atoms with Crippen molar-refractivity contribution in [1.29, 1.82) is 0 Å². The highest BCUT2D eigenvalue weighted by Gasteiger charge is 2.19. The number of aryl methyl sites for hydroxylation is 1. The summed E-state index contributed by atoms with van der Waals surface area (Å²) in [7, 11) is 0. The molecule has 2 heterocycles. The number of benzene rings is 1. The molecule has 0 fully saturated rings. The summed E-state index contributed by atoms with van der Waals surface area (Å²) in [4.78, 5) is 0. The van der Waals surface area contributed by atoms with Crippen LogP contribution in [0.4, 0.5) is 0 Å². The highest BCUT2D eigenvalue weighted by atomic mass is 35.5. The van der Waals surface area contributed by atoms with Gasteiger partial charge in [-0.3, -0.25) is 0 Å². The number of hydrogen-bond acceptors (Lipinski definition) is 3. The first-order valence-corrected chi connectivity index (χ1v) is 7.33. The van der Waals surface area contributed by atoms with Gasteiger partial charge >= 0.3 is 0 Å². The molecule has 106 valence electrons. The standard InChI is InChI=1S/C16H17ClO3/c1-2-13-12(6-9-20-13)16(17)11-4-5-14-15(10-11)19-8-3-7-18-14/h4-6,9-10,16H,2-3,7-8H2,1H3. The molecular weight excluding hydrogens is 276 g/mol. The van der Waals surface area contributed by atoms with Gasteiger partial charge in [-0.05, 0) is 23.8 Å². The molecule has 2 aromatic rings. The fourth-order valence-corrected chi connectivity index (χ4v) is 2.71. The molecule has 4 heteroatoms. The highest BCUT2D eigenvalue weighted by Crippen LogP contribution is 2.37. The Morgan fingerprint density at radius 2 is 1.95 bits per heavy atom. The first-order valence-electron chi connectivity index (χ1n) is 6.89. The zero-order chi connectivity index (χ0) is 13.9. The Bertz CT molecular complexity index is 591. The van der Waals surface area contributed by atoms with Crippen LogP contribution in [0, 0.1) is 0 Å². The summed E-state index contributed by atoms with van der Waals surface area (Å²) >= 11 is 6.58. The maximum absolute atomic E-state index is 6.58. The Hall–Kier alpha value is -1.61. The molecule has 1 aromatic heterocycles. The van der Waals surface area contributed by atoms with Crippen LogP contribution < -0.4 is 9.47 Å². The lowest BCUT2D eigenvalue weighted by atomic mass is 10.0. The molecule has 3 rings (SSSR count). The number of hydrogen-bond donors (Lipinski definition) is 0. The van der Waals surface area contributed by atoms with Crippen molar-refractivity contribution in [3.05, 3.63) is 47.4 Å². The highest BCUT2D eigenvalue weighted by molar-refractivity contribution is 6.22. The minimum absolute atomic E-state index is 0.235. The second-order valence-electron chi connectivity index (χ2n) is 4.77. The van der Waals surface area contributed by atoms with Crippen LogP contribution in [-0.2, 0) is 6.42 Å². The van der Waals surface area contributed by atoms with Gasteiger partial charge in [-0.25, -0.2) is 0 Å². The summed E-state index contributed by atoms with van der Waals surface area (Å²) in [6.07, 6.45) is 3.42. The summed E-state index contributed by atoms with van der Waals surface area (Å²) in [6, 6.07) is 7.80. The molecule has 0 saturated heterocycles. The van der Waals surface area contributed by atoms with Crippen molar-refractivity contribution in [1.82, 2.24) is 0 Å². The molecule has 0 bridgehead atoms. The van der Waals surface area contributed by atoms with Crippen molar-refractivity contribution in [3.8, 4) is 11.5 Å². The summed E-state index contributed by atoms with van der Waals surface area (Å²) in [5.74, 6) is 2.49. The number of rotatable bonds is 3. The zero-order valence-corrected chi connectivity index (χ0v) is 12.2. The Morgan fingerprint density at radius 1 is 1.15 bits per heavy atom. The lowest BCUT2D eigenvalue weighted by Gasteiger charge is -2.13. The lowest BCUT2D eigenvalue weighted by Crippen LogP contribution is -1.98. The molecule has 1 aliphatic heterocycles. The summed E-state index contributed by atoms with van der Waals surface area (Å²) in [6.45, 7) is 3.42. The SMILES string of the molecule is CCc1occc1C(Cl)c1ccc2c(c1)OCCCO2. The van der Waals surface area contributed by atoms with E-state index < -0.39 is 0 Å². The molecular formula is C16H17ClO3. The maximum atomic E-state index is 6.58. The van der Waals surface area contributed by atoms with Crippen LogP contribution in [0.5, 0.6) is 11.5 Å². The van der Waals surface area contributed by atoms with E-state index in [2.05, 4.69) is 6.92 Å². The van der Waals surface area contributed by atoms with Gasteiger partial charge in [-0.2, -0.15) is 0 Å². The fraction of sp³-hybridized carbons (Fsp3) is 0.375. The summed E-state index contributed by atoms with van der Waals surface area (Å²) in [5, 5.41) is -0.235. The second-order valence-corrected chi connectivity index (χ2v) is 5.21. The van der Waals surface area contributed by atoms with E-state index >= 15 is 0 Å². The predicted octanol–water partition coefficient (Wildman–Crippen LogP) is 4.33. The van der Waals surface area contributed by atoms with Gasteiger partial charge in [-0.15, -0.1) is 11.6 Å². The zero-order valence-electron chi connectivity index (χ0n) is 11.4. The van der Waals surface area contributed by atoms with E-state index in [9.17, 15) is 0 Å². The third-order valence-corrected chi connectivity index (χ3v) is 3.93. The van der Waals surface area contributed by atoms with Crippen molar-refractivity contribution in [2.45, 2.75) is 25.1 Å². The largest absolute Gasteiger partial charge is 0.490 e. The third-order valence-electron chi connectivity index (χ3n) is 3.44. The Kier molecular flexibility index (Phi) is 3.88. The van der Waals surface area contributed by atoms with Crippen molar-refractivity contribution in [3.63, 3.8) is 0 Å². The molecule has 0 spiro atoms. The predicted molar refractivity (Wildman–Crippen MR) is 77.8 cm³/mol. The van der Waals surface area contributed by atoms with Crippen LogP contribution in [0.25, 0.3) is 0 Å². The van der Waals surface area contributed by atoms with Gasteiger partial charge in [0.05, 0.1) is 24.9 Å². The first-order chi connectivity index (χ1) is 9.79. The van der Waals surface area contributed by atoms with E-state index in [0.29, 0.717) is 13.2 Å². The van der Waals surface area contributed by atoms with Crippen LogP contribution in [-0.4, -0.2) is 13.2 Å². The number of ether oxygens (including phenoxy) is 2. The van der Waals surface area contributed by atoms with E-state index in [4.69, 9.17) is 25.5 Å². The topological polar surface area (TPSA) is 31.6 Å². The minimum atomic E-state index is -0.235. The van der Waals surface area contributed by atoms with Crippen molar-refractivity contribution in [2.24, 2.45) is 0 Å². The van der Waals surface area contributed by atoms with Crippen LogP contribution in [0.3, 0.4) is 0 Å². The van der Waals surface area contributed by atoms with E-state index in [1.807, 2.05) is 24.3 Å². The quantitative estimate of drug-likeness (QED) is 0.789. The molecule has 1 aromatic carbocycles. The molecule has 0 amide bonds. The van der Waals surface area contributed by atoms with Crippen molar-refractivity contribution in [2.75, 3.05) is 13.2 Å². The van der Waals surface area contributed by atoms with Crippen molar-refractivity contribution >= 4 is 11.6 Å². The van der Waals surface area contributed by atoms with Gasteiger partial charge < -0.3 is 13.9 Å². The Morgan fingerprint density at radius 3 is 2.75 bits per heavy atom. The monoisotopic (exact) mass is 292 g/mol. The van der Waals surface area contributed by atoms with Crippen molar-refractivity contribution < 1.29 is 13.9 Å². The van der Waals surface area contributed by atoms with E-state index in [1.54, 1.807) is 6.26 Å². The molecule has 3 nitrogen and oxygen atoms in total. The summed E-state index contributed by atoms with van der Waals surface area (Å²) in [5.41, 5.74) is 2.01. The summed E-state index contributed by atoms with van der Waals surface area (Å²) < 4.78 is 16.8. The number of halogens is 1. The first kappa shape index (κ1) is 13.4. The van der Waals surface area contributed by atoms with Gasteiger partial charge in [0.2, 0.25) is 0 Å². The molecule has 0 aliphatic carbocycles. The minimum Gasteiger partial charge on any atom is -0.490 e. The lowest BCUT2D eigenvalue weighted by molar-refractivity contribution is 0.297. The van der Waals surface area contributed by atoms with Gasteiger partial charge in [0.25, 0.3) is 0 Å². The number of furan rings is 1. The fourth-order valence-electron chi connectivity index (χ4n) is 2.38. The second kappa shape index (κ2) is 5.80. The molecule has 1 atom stereocenters. The van der Waals surface area contributed by atoms with Gasteiger partial charge in [-0.1, -0.05) is 13.0 Å². The van der Waals surface area contributed by atoms with E-state index in [1.165, 1.54) is 0 Å². The molecule has 0 N–H and O–H groups in total. The van der Waals surface area contributed by atoms with Crippen LogP contribution >= 0.6 is 11.6 Å². The Balaban J connectivity index is 1.92. The van der Waals surface area contributed by atoms with Crippen LogP contribution in [0.1, 0.15) is 35.6 Å². The number of fused-ring (bicyclic) bond motifs is 1. The average molecular weight is 293 g/mol. The van der Waals surface area contributed by atoms with E-state index in [-0.39, 0.29) is 5.38 Å². The molecule has 0 radical (unpaired) electrons. The molecule has 20 heavy (non-hydrogen) atoms. The molecule has 1 unspecified atom stereocenters. The van der Waals surface area contributed by atoms with Gasteiger partial charge in [0, 0.05) is 18.4 Å². The van der Waals surface area contributed by atoms with E-state index in [0.717, 1.165) is 41.2 Å². The van der Waals surface area contributed by atoms with Gasteiger partial charge in [0.1, 0.15) is 5.76 Å². The maximum Gasteiger partial charge on any atom is 0.161 e. The molecule has 0 saturated carbocycles. The number of alkyl halides is 1. The van der Waals surface area contributed by atoms with Crippen LogP contribution in [0.2, 0.25) is 0 Å². The third kappa shape index (κ3) is 2.50. The van der Waals surface area contributed by atoms with Gasteiger partial charge in [0.15, 0.2) is 11.5 Å². The Labute approximate surface area is 123 Å².